The number of carbonyl (C=O) groups excluding carboxylic acids is 3. The average molecular weight is 370 g/mol. The monoisotopic (exact) mass is 370 g/mol. The molecule has 0 radical (unpaired) electrons. The molecule has 1 heterocycles. The quantitative estimate of drug-likeness (QED) is 0.740. The first kappa shape index (κ1) is 18.2. The Morgan fingerprint density at radius 1 is 1.04 bits per heavy atom. The molecule has 140 valence electrons. The largest absolute Gasteiger partial charge is 0.454 e. The molecule has 3 rings (SSSR count). The highest BCUT2D eigenvalue weighted by molar-refractivity contribution is 5.97. The molecule has 0 unspecified atom stereocenters. The van der Waals surface area contributed by atoms with Crippen molar-refractivity contribution in [2.24, 2.45) is 5.73 Å². The third-order valence-corrected chi connectivity index (χ3v) is 3.89. The maximum Gasteiger partial charge on any atom is 0.338 e. The van der Waals surface area contributed by atoms with Crippen LogP contribution in [0.25, 0.3) is 0 Å². The molecule has 2 amide bonds. The summed E-state index contributed by atoms with van der Waals surface area (Å²) in [5, 5.41) is 0. The highest BCUT2D eigenvalue weighted by atomic mass is 16.7. The van der Waals surface area contributed by atoms with Gasteiger partial charge in [-0.3, -0.25) is 9.59 Å². The van der Waals surface area contributed by atoms with Gasteiger partial charge in [0.15, 0.2) is 18.1 Å². The molecule has 0 atom stereocenters. The Morgan fingerprint density at radius 3 is 2.52 bits per heavy atom. The van der Waals surface area contributed by atoms with Crippen molar-refractivity contribution < 1.29 is 28.6 Å². The third kappa shape index (κ3) is 4.55. The van der Waals surface area contributed by atoms with E-state index in [1.807, 2.05) is 0 Å². The van der Waals surface area contributed by atoms with E-state index in [9.17, 15) is 14.4 Å². The molecule has 0 spiro atoms. The first-order chi connectivity index (χ1) is 13.0. The van der Waals surface area contributed by atoms with Crippen LogP contribution in [0.1, 0.15) is 16.8 Å². The van der Waals surface area contributed by atoms with Crippen LogP contribution in [0.3, 0.4) is 0 Å². The zero-order chi connectivity index (χ0) is 19.2. The summed E-state index contributed by atoms with van der Waals surface area (Å²) in [4.78, 5) is 37.2. The van der Waals surface area contributed by atoms with Crippen LogP contribution in [0.5, 0.6) is 11.5 Å². The standard InChI is InChI=1S/C19H18N2O6/c20-17(22)8-9-21(14-4-2-1-3-5-14)18(23)11-25-19(24)13-6-7-15-16(10-13)27-12-26-15/h1-7,10H,8-9,11-12H2,(H2,20,22). The van der Waals surface area contributed by atoms with Crippen molar-refractivity contribution in [1.82, 2.24) is 0 Å². The molecule has 0 aliphatic carbocycles. The first-order valence-electron chi connectivity index (χ1n) is 8.25. The topological polar surface area (TPSA) is 108 Å². The molecule has 2 N–H and O–H groups in total. The number of rotatable bonds is 7. The van der Waals surface area contributed by atoms with Crippen molar-refractivity contribution in [2.75, 3.05) is 24.8 Å². The van der Waals surface area contributed by atoms with Crippen LogP contribution < -0.4 is 20.1 Å². The minimum atomic E-state index is -0.662. The highest BCUT2D eigenvalue weighted by Crippen LogP contribution is 2.32. The second kappa shape index (κ2) is 8.22. The molecule has 8 nitrogen and oxygen atoms in total. The fourth-order valence-corrected chi connectivity index (χ4v) is 2.54. The predicted molar refractivity (Wildman–Crippen MR) is 95.5 cm³/mol. The number of benzene rings is 2. The number of nitrogens with two attached hydrogens (primary N) is 1. The van der Waals surface area contributed by atoms with E-state index in [0.717, 1.165) is 0 Å². The molecule has 8 heteroatoms. The summed E-state index contributed by atoms with van der Waals surface area (Å²) >= 11 is 0. The Balaban J connectivity index is 1.64. The number of esters is 1. The Hall–Kier alpha value is -3.55. The van der Waals surface area contributed by atoms with Gasteiger partial charge in [0.25, 0.3) is 5.91 Å². The molecule has 1 aliphatic rings. The van der Waals surface area contributed by atoms with Crippen molar-refractivity contribution in [2.45, 2.75) is 6.42 Å². The van der Waals surface area contributed by atoms with Gasteiger partial charge < -0.3 is 24.8 Å². The van der Waals surface area contributed by atoms with Crippen LogP contribution in [0, 0.1) is 0 Å². The Labute approximate surface area is 155 Å². The number of ether oxygens (including phenoxy) is 3. The van der Waals surface area contributed by atoms with E-state index in [1.54, 1.807) is 36.4 Å². The number of amides is 2. The fourth-order valence-electron chi connectivity index (χ4n) is 2.54. The number of carbonyl (C=O) groups is 3. The minimum absolute atomic E-state index is 0.00323. The van der Waals surface area contributed by atoms with E-state index in [4.69, 9.17) is 19.9 Å². The summed E-state index contributed by atoms with van der Waals surface area (Å²) in [6, 6.07) is 13.4. The maximum atomic E-state index is 12.5. The predicted octanol–water partition coefficient (Wildman–Crippen LogP) is 1.48. The number of hydrogen-bond acceptors (Lipinski definition) is 6. The molecule has 1 aliphatic heterocycles. The van der Waals surface area contributed by atoms with Crippen LogP contribution >= 0.6 is 0 Å². The van der Waals surface area contributed by atoms with Crippen LogP contribution in [-0.4, -0.2) is 37.7 Å². The summed E-state index contributed by atoms with van der Waals surface area (Å²) in [5.74, 6) is -0.658. The van der Waals surface area contributed by atoms with E-state index in [2.05, 4.69) is 0 Å². The molecular formula is C19H18N2O6. The number of nitrogens with zero attached hydrogens (tertiary/aromatic N) is 1. The van der Waals surface area contributed by atoms with Gasteiger partial charge in [-0.15, -0.1) is 0 Å². The Bertz CT molecular complexity index is 853. The molecule has 0 bridgehead atoms. The summed E-state index contributed by atoms with van der Waals surface area (Å²) < 4.78 is 15.5. The van der Waals surface area contributed by atoms with Crippen LogP contribution in [0.4, 0.5) is 5.69 Å². The Morgan fingerprint density at radius 2 is 1.78 bits per heavy atom. The lowest BCUT2D eigenvalue weighted by molar-refractivity contribution is -0.121. The SMILES string of the molecule is NC(=O)CCN(C(=O)COC(=O)c1ccc2c(c1)OCO2)c1ccccc1. The van der Waals surface area contributed by atoms with Crippen molar-refractivity contribution in [3.05, 3.63) is 54.1 Å². The third-order valence-electron chi connectivity index (χ3n) is 3.89. The zero-order valence-electron chi connectivity index (χ0n) is 14.4. The van der Waals surface area contributed by atoms with Gasteiger partial charge in [0.1, 0.15) is 0 Å². The average Bonchev–Trinajstić information content (AvgIpc) is 3.14. The van der Waals surface area contributed by atoms with E-state index in [-0.39, 0.29) is 25.3 Å². The summed E-state index contributed by atoms with van der Waals surface area (Å²) in [5.41, 5.74) is 6.01. The smallest absolute Gasteiger partial charge is 0.338 e. The summed E-state index contributed by atoms with van der Waals surface area (Å²) in [7, 11) is 0. The molecule has 0 fully saturated rings. The van der Waals surface area contributed by atoms with Crippen molar-refractivity contribution in [3.63, 3.8) is 0 Å². The number of anilines is 1. The van der Waals surface area contributed by atoms with Gasteiger partial charge in [0.2, 0.25) is 12.7 Å². The number of fused-ring (bicyclic) bond motifs is 1. The van der Waals surface area contributed by atoms with Gasteiger partial charge in [0.05, 0.1) is 5.56 Å². The number of para-hydroxylation sites is 1. The van der Waals surface area contributed by atoms with Crippen LogP contribution in [0.2, 0.25) is 0 Å². The molecule has 2 aromatic rings. The van der Waals surface area contributed by atoms with Gasteiger partial charge in [0, 0.05) is 18.7 Å². The lowest BCUT2D eigenvalue weighted by Crippen LogP contribution is -2.37. The fraction of sp³-hybridized carbons (Fsp3) is 0.211. The minimum Gasteiger partial charge on any atom is -0.454 e. The van der Waals surface area contributed by atoms with Gasteiger partial charge in [-0.05, 0) is 30.3 Å². The lowest BCUT2D eigenvalue weighted by Gasteiger charge is -2.22. The number of hydrogen-bond donors (Lipinski definition) is 1. The molecular weight excluding hydrogens is 352 g/mol. The normalized spacial score (nSPS) is 11.7. The summed E-state index contributed by atoms with van der Waals surface area (Å²) in [6.07, 6.45) is -0.00323. The molecule has 27 heavy (non-hydrogen) atoms. The maximum absolute atomic E-state index is 12.5. The van der Waals surface area contributed by atoms with Gasteiger partial charge in [-0.2, -0.15) is 0 Å². The van der Waals surface area contributed by atoms with E-state index < -0.39 is 24.4 Å². The van der Waals surface area contributed by atoms with Crippen molar-refractivity contribution >= 4 is 23.5 Å². The van der Waals surface area contributed by atoms with Crippen molar-refractivity contribution in [3.8, 4) is 11.5 Å². The van der Waals surface area contributed by atoms with E-state index >= 15 is 0 Å². The van der Waals surface area contributed by atoms with Crippen LogP contribution in [-0.2, 0) is 14.3 Å². The van der Waals surface area contributed by atoms with Gasteiger partial charge in [-0.1, -0.05) is 18.2 Å². The second-order valence-corrected chi connectivity index (χ2v) is 5.74. The van der Waals surface area contributed by atoms with Gasteiger partial charge in [-0.25, -0.2) is 4.79 Å². The molecule has 0 saturated carbocycles. The van der Waals surface area contributed by atoms with Crippen LogP contribution in [0.15, 0.2) is 48.5 Å². The summed E-state index contributed by atoms with van der Waals surface area (Å²) in [6.45, 7) is -0.279. The van der Waals surface area contributed by atoms with E-state index in [0.29, 0.717) is 17.2 Å². The zero-order valence-corrected chi connectivity index (χ0v) is 14.4. The first-order valence-corrected chi connectivity index (χ1v) is 8.25. The van der Waals surface area contributed by atoms with E-state index in [1.165, 1.54) is 17.0 Å². The molecule has 2 aromatic carbocycles. The Kier molecular flexibility index (Phi) is 5.55. The molecule has 0 saturated heterocycles. The van der Waals surface area contributed by atoms with Crippen molar-refractivity contribution in [1.29, 1.82) is 0 Å². The second-order valence-electron chi connectivity index (χ2n) is 5.74. The molecule has 0 aromatic heterocycles. The lowest BCUT2D eigenvalue weighted by atomic mass is 10.2. The number of primary amides is 1. The highest BCUT2D eigenvalue weighted by Gasteiger charge is 2.20. The van der Waals surface area contributed by atoms with Gasteiger partial charge >= 0.3 is 5.97 Å².